The lowest BCUT2D eigenvalue weighted by Crippen LogP contribution is -2.35. The zero-order valence-electron chi connectivity index (χ0n) is 24.1. The third-order valence-electron chi connectivity index (χ3n) is 8.43. The summed E-state index contributed by atoms with van der Waals surface area (Å²) in [4.78, 5) is 10.1. The van der Waals surface area contributed by atoms with E-state index in [4.69, 9.17) is 9.98 Å². The number of nitrogens with one attached hydrogen (secondary N) is 2. The van der Waals surface area contributed by atoms with Crippen molar-refractivity contribution in [3.63, 3.8) is 0 Å². The number of amidine groups is 2. The second-order valence-corrected chi connectivity index (χ2v) is 11.1. The molecule has 0 radical (unpaired) electrons. The Kier molecular flexibility index (Phi) is 6.58. The molecule has 4 heteroatoms. The van der Waals surface area contributed by atoms with Gasteiger partial charge in [0.05, 0.1) is 6.04 Å². The van der Waals surface area contributed by atoms with Crippen LogP contribution >= 0.6 is 0 Å². The molecule has 44 heavy (non-hydrogen) atoms. The first-order valence-electron chi connectivity index (χ1n) is 15.0. The van der Waals surface area contributed by atoms with Crippen LogP contribution in [0.25, 0.3) is 27.5 Å². The average molecular weight is 567 g/mol. The van der Waals surface area contributed by atoms with Crippen molar-refractivity contribution in [2.75, 3.05) is 0 Å². The highest BCUT2D eigenvalue weighted by molar-refractivity contribution is 6.15. The Morgan fingerprint density at radius 2 is 1.14 bits per heavy atom. The molecule has 2 aliphatic heterocycles. The molecule has 2 heterocycles. The van der Waals surface area contributed by atoms with Crippen LogP contribution in [0.3, 0.4) is 0 Å². The summed E-state index contributed by atoms with van der Waals surface area (Å²) in [5.74, 6) is 1.64. The Bertz CT molecular complexity index is 1990. The SMILES string of the molecule is C1=CC2=C(c3ccc(-c4ccc(C5N=C(c6ccccc6)NC(c6ccccc6)=N5)cc4)c4ccccc34)C=CNC2C=C1. The van der Waals surface area contributed by atoms with Crippen molar-refractivity contribution < 1.29 is 0 Å². The van der Waals surface area contributed by atoms with Crippen LogP contribution in [-0.4, -0.2) is 17.7 Å². The normalized spacial score (nSPS) is 17.5. The third kappa shape index (κ3) is 4.77. The molecule has 0 fully saturated rings. The van der Waals surface area contributed by atoms with Crippen molar-refractivity contribution in [1.29, 1.82) is 0 Å². The average Bonchev–Trinajstić information content (AvgIpc) is 3.11. The molecule has 2 N–H and O–H groups in total. The van der Waals surface area contributed by atoms with Gasteiger partial charge in [-0.05, 0) is 56.4 Å². The van der Waals surface area contributed by atoms with E-state index in [0.717, 1.165) is 28.4 Å². The van der Waals surface area contributed by atoms with Crippen molar-refractivity contribution in [3.05, 3.63) is 186 Å². The first kappa shape index (κ1) is 25.9. The molecule has 0 saturated carbocycles. The minimum atomic E-state index is -0.347. The monoisotopic (exact) mass is 566 g/mol. The van der Waals surface area contributed by atoms with E-state index in [0.29, 0.717) is 0 Å². The summed E-state index contributed by atoms with van der Waals surface area (Å²) in [5, 5.41) is 9.42. The summed E-state index contributed by atoms with van der Waals surface area (Å²) >= 11 is 0. The second kappa shape index (κ2) is 11.2. The molecule has 5 aromatic carbocycles. The van der Waals surface area contributed by atoms with Crippen molar-refractivity contribution >= 4 is 28.0 Å². The molecule has 0 spiro atoms. The summed E-state index contributed by atoms with van der Waals surface area (Å²) < 4.78 is 0. The minimum Gasteiger partial charge on any atom is -0.381 e. The summed E-state index contributed by atoms with van der Waals surface area (Å²) in [6, 6.07) is 42.7. The van der Waals surface area contributed by atoms with Gasteiger partial charge in [-0.25, -0.2) is 9.98 Å². The van der Waals surface area contributed by atoms with Gasteiger partial charge in [0.15, 0.2) is 6.17 Å². The van der Waals surface area contributed by atoms with Gasteiger partial charge in [-0.3, -0.25) is 0 Å². The van der Waals surface area contributed by atoms with E-state index >= 15 is 0 Å². The number of benzene rings is 5. The number of allylic oxidation sites excluding steroid dienone is 4. The van der Waals surface area contributed by atoms with Gasteiger partial charge >= 0.3 is 0 Å². The molecule has 3 aliphatic rings. The molecule has 1 atom stereocenters. The summed E-state index contributed by atoms with van der Waals surface area (Å²) in [7, 11) is 0. The van der Waals surface area contributed by atoms with E-state index in [9.17, 15) is 0 Å². The molecule has 0 bridgehead atoms. The smallest absolute Gasteiger partial charge is 0.169 e. The maximum atomic E-state index is 5.04. The number of rotatable bonds is 5. The molecular formula is C40H30N4. The van der Waals surface area contributed by atoms with Crippen molar-refractivity contribution in [1.82, 2.24) is 10.6 Å². The van der Waals surface area contributed by atoms with E-state index in [1.165, 1.54) is 38.6 Å². The number of fused-ring (bicyclic) bond motifs is 2. The third-order valence-corrected chi connectivity index (χ3v) is 8.43. The van der Waals surface area contributed by atoms with E-state index < -0.39 is 0 Å². The Labute approximate surface area is 257 Å². The van der Waals surface area contributed by atoms with Crippen LogP contribution in [0.15, 0.2) is 173 Å². The molecule has 1 unspecified atom stereocenters. The van der Waals surface area contributed by atoms with E-state index in [2.05, 4.69) is 132 Å². The van der Waals surface area contributed by atoms with Crippen molar-refractivity contribution in [3.8, 4) is 11.1 Å². The molecule has 4 nitrogen and oxygen atoms in total. The van der Waals surface area contributed by atoms with Crippen molar-refractivity contribution in [2.45, 2.75) is 12.2 Å². The predicted molar refractivity (Wildman–Crippen MR) is 182 cm³/mol. The fraction of sp³-hybridized carbons (Fsp3) is 0.0500. The highest BCUT2D eigenvalue weighted by Gasteiger charge is 2.22. The molecular weight excluding hydrogens is 536 g/mol. The predicted octanol–water partition coefficient (Wildman–Crippen LogP) is 8.37. The number of hydrogen-bond acceptors (Lipinski definition) is 4. The Hall–Kier alpha value is -5.74. The number of nitrogens with zero attached hydrogens (tertiary/aromatic N) is 2. The maximum Gasteiger partial charge on any atom is 0.169 e. The van der Waals surface area contributed by atoms with Crippen LogP contribution in [-0.2, 0) is 0 Å². The lowest BCUT2D eigenvalue weighted by Gasteiger charge is -2.25. The van der Waals surface area contributed by atoms with Crippen molar-refractivity contribution in [2.24, 2.45) is 9.98 Å². The van der Waals surface area contributed by atoms with Crippen LogP contribution in [0.4, 0.5) is 0 Å². The second-order valence-electron chi connectivity index (χ2n) is 11.1. The van der Waals surface area contributed by atoms with E-state index in [1.54, 1.807) is 0 Å². The first-order valence-corrected chi connectivity index (χ1v) is 15.0. The van der Waals surface area contributed by atoms with Crippen LogP contribution in [0.1, 0.15) is 28.4 Å². The summed E-state index contributed by atoms with van der Waals surface area (Å²) in [5.41, 5.74) is 9.31. The van der Waals surface area contributed by atoms with Gasteiger partial charge < -0.3 is 10.6 Å². The standard InChI is InChI=1S/C40H30N4/c1-3-11-28(12-4-1)38-42-39(29-13-5-2-6-14-29)44-40(43-38)30-21-19-27(20-22-30)31-23-24-34(33-16-8-7-15-32(31)33)35-25-26-41-37-18-10-9-17-36(35)37/h1-26,37,40-41H,(H,42,43,44). The number of hydrogen-bond donors (Lipinski definition) is 2. The number of dihydropyridines is 1. The molecule has 0 amide bonds. The van der Waals surface area contributed by atoms with Gasteiger partial charge in [-0.1, -0.05) is 146 Å². The van der Waals surface area contributed by atoms with Gasteiger partial charge in [0.25, 0.3) is 0 Å². The molecule has 210 valence electrons. The molecule has 5 aromatic rings. The zero-order chi connectivity index (χ0) is 29.3. The lowest BCUT2D eigenvalue weighted by atomic mass is 9.86. The highest BCUT2D eigenvalue weighted by atomic mass is 15.2. The molecule has 0 aromatic heterocycles. The summed E-state index contributed by atoms with van der Waals surface area (Å²) in [6.07, 6.45) is 12.6. The molecule has 1 aliphatic carbocycles. The Balaban J connectivity index is 1.17. The molecule has 0 saturated heterocycles. The fourth-order valence-corrected chi connectivity index (χ4v) is 6.23. The van der Waals surface area contributed by atoms with Gasteiger partial charge in [0.2, 0.25) is 0 Å². The lowest BCUT2D eigenvalue weighted by molar-refractivity contribution is 0.756. The van der Waals surface area contributed by atoms with Gasteiger partial charge in [0.1, 0.15) is 11.7 Å². The van der Waals surface area contributed by atoms with E-state index in [-0.39, 0.29) is 12.2 Å². The zero-order valence-corrected chi connectivity index (χ0v) is 24.1. The number of aliphatic imine (C=N–C) groups is 2. The fourth-order valence-electron chi connectivity index (χ4n) is 6.23. The highest BCUT2D eigenvalue weighted by Crippen LogP contribution is 2.38. The van der Waals surface area contributed by atoms with Gasteiger partial charge in [0, 0.05) is 11.1 Å². The Morgan fingerprint density at radius 1 is 0.523 bits per heavy atom. The molecule has 8 rings (SSSR count). The van der Waals surface area contributed by atoms with Crippen LogP contribution in [0.5, 0.6) is 0 Å². The summed E-state index contributed by atoms with van der Waals surface area (Å²) in [6.45, 7) is 0. The largest absolute Gasteiger partial charge is 0.381 e. The van der Waals surface area contributed by atoms with Gasteiger partial charge in [-0.15, -0.1) is 0 Å². The topological polar surface area (TPSA) is 48.8 Å². The quantitative estimate of drug-likeness (QED) is 0.225. The van der Waals surface area contributed by atoms with Crippen LogP contribution in [0.2, 0.25) is 0 Å². The maximum absolute atomic E-state index is 5.04. The Morgan fingerprint density at radius 3 is 1.82 bits per heavy atom. The van der Waals surface area contributed by atoms with Crippen LogP contribution in [0, 0.1) is 0 Å². The van der Waals surface area contributed by atoms with Crippen LogP contribution < -0.4 is 10.6 Å². The van der Waals surface area contributed by atoms with E-state index in [1.807, 2.05) is 36.4 Å². The minimum absolute atomic E-state index is 0.205. The first-order chi connectivity index (χ1) is 21.8. The van der Waals surface area contributed by atoms with Gasteiger partial charge in [-0.2, -0.15) is 0 Å².